The number of hydrogen-bond donors (Lipinski definition) is 2. The first-order chi connectivity index (χ1) is 11.0. The van der Waals surface area contributed by atoms with Crippen LogP contribution >= 0.6 is 0 Å². The van der Waals surface area contributed by atoms with Gasteiger partial charge in [-0.3, -0.25) is 4.79 Å². The molecule has 0 fully saturated rings. The Kier molecular flexibility index (Phi) is 5.63. The fraction of sp³-hybridized carbons (Fsp3) is 0.316. The normalized spacial score (nSPS) is 10.6. The van der Waals surface area contributed by atoms with Crippen molar-refractivity contribution < 1.29 is 9.53 Å². The highest BCUT2D eigenvalue weighted by Crippen LogP contribution is 2.22. The van der Waals surface area contributed by atoms with Gasteiger partial charge in [0.2, 0.25) is 0 Å². The van der Waals surface area contributed by atoms with Gasteiger partial charge in [-0.1, -0.05) is 26.0 Å². The van der Waals surface area contributed by atoms with Crippen LogP contribution in [0.5, 0.6) is 5.75 Å². The lowest BCUT2D eigenvalue weighted by atomic mass is 10.1. The number of rotatable bonds is 6. The van der Waals surface area contributed by atoms with Gasteiger partial charge in [-0.25, -0.2) is 0 Å². The van der Waals surface area contributed by atoms with Crippen LogP contribution in [0, 0.1) is 12.8 Å². The van der Waals surface area contributed by atoms with Crippen LogP contribution in [0.3, 0.4) is 0 Å². The summed E-state index contributed by atoms with van der Waals surface area (Å²) in [6.07, 6.45) is 0.951. The van der Waals surface area contributed by atoms with E-state index in [4.69, 9.17) is 10.5 Å². The average molecular weight is 312 g/mol. The van der Waals surface area contributed by atoms with Gasteiger partial charge in [0.15, 0.2) is 0 Å². The number of carbonyl (C=O) groups excluding carboxylic acids is 1. The quantitative estimate of drug-likeness (QED) is 0.784. The van der Waals surface area contributed by atoms with E-state index >= 15 is 0 Å². The van der Waals surface area contributed by atoms with Crippen LogP contribution in [0.2, 0.25) is 0 Å². The number of para-hydroxylation sites is 1. The molecule has 1 amide bonds. The molecule has 0 saturated heterocycles. The van der Waals surface area contributed by atoms with E-state index in [-0.39, 0.29) is 5.91 Å². The molecule has 0 aliphatic rings. The van der Waals surface area contributed by atoms with E-state index < -0.39 is 0 Å². The number of ether oxygens (including phenoxy) is 1. The molecule has 0 spiro atoms. The number of hydrogen-bond acceptors (Lipinski definition) is 3. The van der Waals surface area contributed by atoms with Gasteiger partial charge < -0.3 is 15.8 Å². The molecule has 4 nitrogen and oxygen atoms in total. The Hall–Kier alpha value is -2.49. The SMILES string of the molecule is Cc1cc(N)ccc1NC(=O)c1ccccc1OCCC(C)C. The summed E-state index contributed by atoms with van der Waals surface area (Å²) in [5.41, 5.74) is 8.63. The molecule has 4 heteroatoms. The molecule has 2 rings (SSSR count). The Balaban J connectivity index is 2.12. The molecule has 23 heavy (non-hydrogen) atoms. The maximum atomic E-state index is 12.5. The van der Waals surface area contributed by atoms with Crippen LogP contribution in [0.25, 0.3) is 0 Å². The van der Waals surface area contributed by atoms with Crippen LogP contribution in [-0.4, -0.2) is 12.5 Å². The number of nitrogens with one attached hydrogen (secondary N) is 1. The fourth-order valence-corrected chi connectivity index (χ4v) is 2.20. The van der Waals surface area contributed by atoms with Gasteiger partial charge in [0.1, 0.15) is 5.75 Å². The molecular weight excluding hydrogens is 288 g/mol. The molecule has 2 aromatic carbocycles. The monoisotopic (exact) mass is 312 g/mol. The molecule has 0 heterocycles. The highest BCUT2D eigenvalue weighted by molar-refractivity contribution is 6.06. The highest BCUT2D eigenvalue weighted by atomic mass is 16.5. The first-order valence-corrected chi connectivity index (χ1v) is 7.86. The van der Waals surface area contributed by atoms with Crippen molar-refractivity contribution in [1.82, 2.24) is 0 Å². The summed E-state index contributed by atoms with van der Waals surface area (Å²) in [7, 11) is 0. The molecule has 0 unspecified atom stereocenters. The third-order valence-corrected chi connectivity index (χ3v) is 3.58. The van der Waals surface area contributed by atoms with Crippen molar-refractivity contribution >= 4 is 17.3 Å². The molecule has 0 aliphatic heterocycles. The van der Waals surface area contributed by atoms with Gasteiger partial charge in [-0.15, -0.1) is 0 Å². The van der Waals surface area contributed by atoms with Gasteiger partial charge >= 0.3 is 0 Å². The molecule has 0 bridgehead atoms. The van der Waals surface area contributed by atoms with Crippen molar-refractivity contribution in [2.75, 3.05) is 17.7 Å². The van der Waals surface area contributed by atoms with Crippen molar-refractivity contribution in [3.8, 4) is 5.75 Å². The molecule has 0 saturated carbocycles. The largest absolute Gasteiger partial charge is 0.493 e. The van der Waals surface area contributed by atoms with E-state index in [1.807, 2.05) is 37.3 Å². The zero-order valence-electron chi connectivity index (χ0n) is 13.9. The Labute approximate surface area is 137 Å². The van der Waals surface area contributed by atoms with E-state index in [1.165, 1.54) is 0 Å². The molecule has 3 N–H and O–H groups in total. The van der Waals surface area contributed by atoms with Gasteiger partial charge in [0, 0.05) is 11.4 Å². The number of aryl methyl sites for hydroxylation is 1. The minimum atomic E-state index is -0.182. The van der Waals surface area contributed by atoms with Crippen LogP contribution in [-0.2, 0) is 0 Å². The smallest absolute Gasteiger partial charge is 0.259 e. The first kappa shape index (κ1) is 16.9. The predicted molar refractivity (Wildman–Crippen MR) is 94.9 cm³/mol. The number of carbonyl (C=O) groups is 1. The third-order valence-electron chi connectivity index (χ3n) is 3.58. The van der Waals surface area contributed by atoms with Gasteiger partial charge in [0.25, 0.3) is 5.91 Å². The minimum Gasteiger partial charge on any atom is -0.493 e. The van der Waals surface area contributed by atoms with E-state index in [9.17, 15) is 4.79 Å². The lowest BCUT2D eigenvalue weighted by molar-refractivity contribution is 0.102. The summed E-state index contributed by atoms with van der Waals surface area (Å²) >= 11 is 0. The van der Waals surface area contributed by atoms with Gasteiger partial charge in [-0.05, 0) is 55.2 Å². The number of amides is 1. The molecule has 0 radical (unpaired) electrons. The molecule has 0 aromatic heterocycles. The summed E-state index contributed by atoms with van der Waals surface area (Å²) in [5.74, 6) is 0.991. The Morgan fingerprint density at radius 1 is 1.22 bits per heavy atom. The average Bonchev–Trinajstić information content (AvgIpc) is 2.50. The molecule has 0 atom stereocenters. The molecule has 0 aliphatic carbocycles. The molecule has 122 valence electrons. The van der Waals surface area contributed by atoms with Crippen molar-refractivity contribution in [2.24, 2.45) is 5.92 Å². The lowest BCUT2D eigenvalue weighted by Gasteiger charge is -2.13. The fourth-order valence-electron chi connectivity index (χ4n) is 2.20. The van der Waals surface area contributed by atoms with Crippen LogP contribution in [0.15, 0.2) is 42.5 Å². The number of nitrogen functional groups attached to an aromatic ring is 1. The van der Waals surface area contributed by atoms with Crippen LogP contribution < -0.4 is 15.8 Å². The van der Waals surface area contributed by atoms with E-state index in [1.54, 1.807) is 12.1 Å². The third kappa shape index (κ3) is 4.74. The zero-order valence-corrected chi connectivity index (χ0v) is 13.9. The number of benzene rings is 2. The Morgan fingerprint density at radius 2 is 1.96 bits per heavy atom. The van der Waals surface area contributed by atoms with Crippen molar-refractivity contribution in [3.63, 3.8) is 0 Å². The Bertz CT molecular complexity index is 681. The van der Waals surface area contributed by atoms with E-state index in [0.29, 0.717) is 29.5 Å². The zero-order chi connectivity index (χ0) is 16.8. The Morgan fingerprint density at radius 3 is 2.65 bits per heavy atom. The maximum Gasteiger partial charge on any atom is 0.259 e. The highest BCUT2D eigenvalue weighted by Gasteiger charge is 2.13. The van der Waals surface area contributed by atoms with Crippen molar-refractivity contribution in [1.29, 1.82) is 0 Å². The summed E-state index contributed by atoms with van der Waals surface area (Å²) in [4.78, 5) is 12.5. The second-order valence-corrected chi connectivity index (χ2v) is 6.06. The van der Waals surface area contributed by atoms with Crippen LogP contribution in [0.4, 0.5) is 11.4 Å². The summed E-state index contributed by atoms with van der Waals surface area (Å²) in [6.45, 7) is 6.80. The van der Waals surface area contributed by atoms with Crippen molar-refractivity contribution in [2.45, 2.75) is 27.2 Å². The summed E-state index contributed by atoms with van der Waals surface area (Å²) < 4.78 is 5.78. The van der Waals surface area contributed by atoms with Crippen molar-refractivity contribution in [3.05, 3.63) is 53.6 Å². The summed E-state index contributed by atoms with van der Waals surface area (Å²) in [5, 5.41) is 2.92. The lowest BCUT2D eigenvalue weighted by Crippen LogP contribution is -2.15. The van der Waals surface area contributed by atoms with Crippen LogP contribution in [0.1, 0.15) is 36.2 Å². The van der Waals surface area contributed by atoms with Gasteiger partial charge in [0.05, 0.1) is 12.2 Å². The van der Waals surface area contributed by atoms with Gasteiger partial charge in [-0.2, -0.15) is 0 Å². The maximum absolute atomic E-state index is 12.5. The first-order valence-electron chi connectivity index (χ1n) is 7.86. The van der Waals surface area contributed by atoms with E-state index in [2.05, 4.69) is 19.2 Å². The second kappa shape index (κ2) is 7.68. The minimum absolute atomic E-state index is 0.182. The standard InChI is InChI=1S/C19H24N2O2/c1-13(2)10-11-23-18-7-5-4-6-16(18)19(22)21-17-9-8-15(20)12-14(17)3/h4-9,12-13H,10-11,20H2,1-3H3,(H,21,22). The van der Waals surface area contributed by atoms with E-state index in [0.717, 1.165) is 17.7 Å². The second-order valence-electron chi connectivity index (χ2n) is 6.06. The summed E-state index contributed by atoms with van der Waals surface area (Å²) in [6, 6.07) is 12.7. The number of anilines is 2. The molecular formula is C19H24N2O2. The molecule has 2 aromatic rings. The number of nitrogens with two attached hydrogens (primary N) is 1. The predicted octanol–water partition coefficient (Wildman–Crippen LogP) is 4.25. The topological polar surface area (TPSA) is 64.3 Å².